The van der Waals surface area contributed by atoms with Crippen molar-refractivity contribution in [3.8, 4) is 62.1 Å². The average Bonchev–Trinajstić information content (AvgIpc) is 3.82. The topological polar surface area (TPSA) is 56.7 Å². The Morgan fingerprint density at radius 2 is 0.911 bits per heavy atom. The Hall–Kier alpha value is -7.63. The summed E-state index contributed by atoms with van der Waals surface area (Å²) in [5, 5.41) is 4.49. The standard InChI is InChI=1S/C51H32N4O/c1-5-15-33(16-6-1)36-26-28-46-43(29-36)40-27-25-37(32-47(40)56-46)42-30-38(31-45-48(42)41-23-13-14-24-44(41)55(45)39-21-11-4-12-22-39)51-53-49(34-17-7-2-8-18-34)52-50(54-51)35-19-9-3-10-20-35/h1-32H. The van der Waals surface area contributed by atoms with Crippen molar-refractivity contribution in [2.24, 2.45) is 0 Å². The van der Waals surface area contributed by atoms with Crippen LogP contribution in [0.4, 0.5) is 0 Å². The van der Waals surface area contributed by atoms with Crippen LogP contribution in [0, 0.1) is 0 Å². The predicted octanol–water partition coefficient (Wildman–Crippen LogP) is 13.2. The Morgan fingerprint density at radius 1 is 0.339 bits per heavy atom. The lowest BCUT2D eigenvalue weighted by Gasteiger charge is -2.13. The summed E-state index contributed by atoms with van der Waals surface area (Å²) < 4.78 is 8.93. The van der Waals surface area contributed by atoms with Gasteiger partial charge >= 0.3 is 0 Å². The fourth-order valence-corrected chi connectivity index (χ4v) is 8.00. The molecule has 0 fully saturated rings. The number of hydrogen-bond donors (Lipinski definition) is 0. The second-order valence-electron chi connectivity index (χ2n) is 14.0. The molecule has 8 aromatic carbocycles. The Bertz CT molecular complexity index is 3170. The number of furan rings is 1. The third kappa shape index (κ3) is 5.37. The van der Waals surface area contributed by atoms with Gasteiger partial charge in [0.2, 0.25) is 0 Å². The number of aromatic nitrogens is 4. The molecule has 0 saturated carbocycles. The van der Waals surface area contributed by atoms with Crippen molar-refractivity contribution < 1.29 is 4.42 Å². The number of para-hydroxylation sites is 2. The SMILES string of the molecule is c1ccc(-c2ccc3oc4cc(-c5cc(-c6nc(-c7ccccc7)nc(-c7ccccc7)n6)cc6c5c5ccccc5n6-c5ccccc5)ccc4c3c2)cc1. The number of benzene rings is 8. The normalized spacial score (nSPS) is 11.6. The molecule has 11 aromatic rings. The van der Waals surface area contributed by atoms with Crippen molar-refractivity contribution in [1.29, 1.82) is 0 Å². The highest BCUT2D eigenvalue weighted by atomic mass is 16.3. The second kappa shape index (κ2) is 13.0. The molecule has 0 radical (unpaired) electrons. The molecular weight excluding hydrogens is 685 g/mol. The van der Waals surface area contributed by atoms with E-state index in [2.05, 4.69) is 132 Å². The van der Waals surface area contributed by atoms with Crippen LogP contribution < -0.4 is 0 Å². The minimum absolute atomic E-state index is 0.601. The molecule has 0 unspecified atom stereocenters. The van der Waals surface area contributed by atoms with Crippen LogP contribution in [-0.4, -0.2) is 19.5 Å². The Labute approximate surface area is 322 Å². The monoisotopic (exact) mass is 716 g/mol. The highest BCUT2D eigenvalue weighted by Crippen LogP contribution is 2.43. The Kier molecular flexibility index (Phi) is 7.42. The average molecular weight is 717 g/mol. The van der Waals surface area contributed by atoms with Crippen LogP contribution in [-0.2, 0) is 0 Å². The summed E-state index contributed by atoms with van der Waals surface area (Å²) in [6.45, 7) is 0. The summed E-state index contributed by atoms with van der Waals surface area (Å²) in [6.07, 6.45) is 0. The van der Waals surface area contributed by atoms with Crippen LogP contribution in [0.15, 0.2) is 199 Å². The number of fused-ring (bicyclic) bond motifs is 6. The maximum absolute atomic E-state index is 6.59. The van der Waals surface area contributed by atoms with Gasteiger partial charge in [-0.1, -0.05) is 140 Å². The zero-order valence-electron chi connectivity index (χ0n) is 30.2. The van der Waals surface area contributed by atoms with Crippen molar-refractivity contribution in [3.05, 3.63) is 194 Å². The maximum Gasteiger partial charge on any atom is 0.164 e. The summed E-state index contributed by atoms with van der Waals surface area (Å²) in [5.74, 6) is 1.85. The highest BCUT2D eigenvalue weighted by molar-refractivity contribution is 6.17. The lowest BCUT2D eigenvalue weighted by molar-refractivity contribution is 0.669. The van der Waals surface area contributed by atoms with Crippen molar-refractivity contribution >= 4 is 43.7 Å². The van der Waals surface area contributed by atoms with Crippen molar-refractivity contribution in [2.75, 3.05) is 0 Å². The molecule has 0 aliphatic carbocycles. The molecule has 5 nitrogen and oxygen atoms in total. The predicted molar refractivity (Wildman–Crippen MR) is 229 cm³/mol. The molecule has 262 valence electrons. The molecule has 0 N–H and O–H groups in total. The van der Waals surface area contributed by atoms with Gasteiger partial charge in [-0.05, 0) is 76.9 Å². The van der Waals surface area contributed by atoms with Crippen LogP contribution in [0.3, 0.4) is 0 Å². The van der Waals surface area contributed by atoms with Gasteiger partial charge in [0.1, 0.15) is 11.2 Å². The summed E-state index contributed by atoms with van der Waals surface area (Å²) in [7, 11) is 0. The summed E-state index contributed by atoms with van der Waals surface area (Å²) in [4.78, 5) is 15.3. The van der Waals surface area contributed by atoms with E-state index in [0.717, 1.165) is 82.8 Å². The third-order valence-corrected chi connectivity index (χ3v) is 10.6. The first-order valence-electron chi connectivity index (χ1n) is 18.8. The van der Waals surface area contributed by atoms with Gasteiger partial charge in [-0.25, -0.2) is 15.0 Å². The van der Waals surface area contributed by atoms with Crippen LogP contribution in [0.2, 0.25) is 0 Å². The molecule has 0 atom stereocenters. The van der Waals surface area contributed by atoms with Gasteiger partial charge in [0.05, 0.1) is 11.0 Å². The van der Waals surface area contributed by atoms with E-state index in [9.17, 15) is 0 Å². The molecule has 5 heteroatoms. The Morgan fingerprint density at radius 3 is 1.59 bits per heavy atom. The summed E-state index contributed by atoms with van der Waals surface area (Å²) >= 11 is 0. The second-order valence-corrected chi connectivity index (χ2v) is 14.0. The molecule has 56 heavy (non-hydrogen) atoms. The largest absolute Gasteiger partial charge is 0.456 e. The highest BCUT2D eigenvalue weighted by Gasteiger charge is 2.21. The lowest BCUT2D eigenvalue weighted by Crippen LogP contribution is -2.01. The fraction of sp³-hybridized carbons (Fsp3) is 0. The first kappa shape index (κ1) is 31.9. The minimum Gasteiger partial charge on any atom is -0.456 e. The molecular formula is C51H32N4O. The van der Waals surface area contributed by atoms with Gasteiger partial charge in [-0.15, -0.1) is 0 Å². The van der Waals surface area contributed by atoms with E-state index in [4.69, 9.17) is 19.4 Å². The molecule has 0 spiro atoms. The van der Waals surface area contributed by atoms with E-state index in [-0.39, 0.29) is 0 Å². The van der Waals surface area contributed by atoms with E-state index in [1.807, 2.05) is 66.7 Å². The number of hydrogen-bond acceptors (Lipinski definition) is 4. The van der Waals surface area contributed by atoms with E-state index >= 15 is 0 Å². The minimum atomic E-state index is 0.601. The van der Waals surface area contributed by atoms with Crippen molar-refractivity contribution in [3.63, 3.8) is 0 Å². The molecule has 0 amide bonds. The van der Waals surface area contributed by atoms with Crippen LogP contribution in [0.1, 0.15) is 0 Å². The first-order chi connectivity index (χ1) is 27.7. The van der Waals surface area contributed by atoms with Crippen LogP contribution in [0.25, 0.3) is 106 Å². The smallest absolute Gasteiger partial charge is 0.164 e. The van der Waals surface area contributed by atoms with E-state index in [1.165, 1.54) is 5.56 Å². The zero-order valence-corrected chi connectivity index (χ0v) is 30.2. The Balaban J connectivity index is 1.19. The molecule has 3 heterocycles. The molecule has 3 aromatic heterocycles. The van der Waals surface area contributed by atoms with Gasteiger partial charge in [-0.2, -0.15) is 0 Å². The van der Waals surface area contributed by atoms with Crippen LogP contribution in [0.5, 0.6) is 0 Å². The van der Waals surface area contributed by atoms with Crippen molar-refractivity contribution in [1.82, 2.24) is 19.5 Å². The number of nitrogens with zero attached hydrogens (tertiary/aromatic N) is 4. The molecule has 0 aliphatic heterocycles. The van der Waals surface area contributed by atoms with E-state index in [1.54, 1.807) is 0 Å². The van der Waals surface area contributed by atoms with Crippen molar-refractivity contribution in [2.45, 2.75) is 0 Å². The van der Waals surface area contributed by atoms with E-state index in [0.29, 0.717) is 17.5 Å². The van der Waals surface area contributed by atoms with Gasteiger partial charge in [0.15, 0.2) is 17.5 Å². The van der Waals surface area contributed by atoms with Gasteiger partial charge in [-0.3, -0.25) is 0 Å². The van der Waals surface area contributed by atoms with Gasteiger partial charge < -0.3 is 8.98 Å². The quantitative estimate of drug-likeness (QED) is 0.172. The zero-order chi connectivity index (χ0) is 37.0. The maximum atomic E-state index is 6.59. The van der Waals surface area contributed by atoms with E-state index < -0.39 is 0 Å². The van der Waals surface area contributed by atoms with Gasteiger partial charge in [0, 0.05) is 43.9 Å². The molecule has 0 saturated heterocycles. The fourth-order valence-electron chi connectivity index (χ4n) is 8.00. The lowest BCUT2D eigenvalue weighted by atomic mass is 9.95. The molecule has 11 rings (SSSR count). The molecule has 0 bridgehead atoms. The summed E-state index contributed by atoms with van der Waals surface area (Å²) in [6, 6.07) is 67.4. The number of rotatable bonds is 6. The molecule has 0 aliphatic rings. The summed E-state index contributed by atoms with van der Waals surface area (Å²) in [5.41, 5.74) is 12.2. The first-order valence-corrected chi connectivity index (χ1v) is 18.8. The third-order valence-electron chi connectivity index (χ3n) is 10.6. The van der Waals surface area contributed by atoms with Gasteiger partial charge in [0.25, 0.3) is 0 Å². The van der Waals surface area contributed by atoms with Crippen LogP contribution >= 0.6 is 0 Å².